The lowest BCUT2D eigenvalue weighted by atomic mass is 10.1. The monoisotopic (exact) mass is 460 g/mol. The molecule has 0 radical (unpaired) electrons. The van der Waals surface area contributed by atoms with Crippen molar-refractivity contribution in [2.24, 2.45) is 0 Å². The zero-order chi connectivity index (χ0) is 22.1. The van der Waals surface area contributed by atoms with Gasteiger partial charge in [0, 0.05) is 35.3 Å². The minimum absolute atomic E-state index is 0.00235. The van der Waals surface area contributed by atoms with Gasteiger partial charge < -0.3 is 14.2 Å². The fourth-order valence-corrected chi connectivity index (χ4v) is 5.90. The molecule has 1 aliphatic heterocycles. The summed E-state index contributed by atoms with van der Waals surface area (Å²) < 4.78 is 18.9. The fourth-order valence-electron chi connectivity index (χ4n) is 3.83. The number of hydrogen-bond donors (Lipinski definition) is 0. The summed E-state index contributed by atoms with van der Waals surface area (Å²) in [5, 5.41) is 1.42. The number of hydrogen-bond acceptors (Lipinski definition) is 7. The summed E-state index contributed by atoms with van der Waals surface area (Å²) in [7, 11) is 1.64. The molecule has 1 aliphatic rings. The van der Waals surface area contributed by atoms with Crippen molar-refractivity contribution in [2.75, 3.05) is 20.3 Å². The van der Waals surface area contributed by atoms with Crippen molar-refractivity contribution >= 4 is 33.3 Å². The van der Waals surface area contributed by atoms with E-state index in [0.29, 0.717) is 30.7 Å². The fraction of sp³-hybridized carbons (Fsp3) is 0.478. The first-order chi connectivity index (χ1) is 14.9. The van der Waals surface area contributed by atoms with E-state index in [2.05, 4.69) is 19.1 Å². The highest BCUT2D eigenvalue weighted by molar-refractivity contribution is 7.98. The number of aryl methyl sites for hydroxylation is 2. The predicted molar refractivity (Wildman–Crippen MR) is 126 cm³/mol. The minimum atomic E-state index is 0.00235. The maximum absolute atomic E-state index is 13.3. The van der Waals surface area contributed by atoms with Crippen molar-refractivity contribution in [3.05, 3.63) is 44.1 Å². The Bertz CT molecular complexity index is 1170. The van der Waals surface area contributed by atoms with Gasteiger partial charge in [0.15, 0.2) is 5.16 Å². The van der Waals surface area contributed by atoms with E-state index in [9.17, 15) is 4.79 Å². The van der Waals surface area contributed by atoms with Crippen LogP contribution in [0.2, 0.25) is 0 Å². The maximum Gasteiger partial charge on any atom is 0.263 e. The molecule has 0 aliphatic carbocycles. The van der Waals surface area contributed by atoms with Gasteiger partial charge in [-0.05, 0) is 45.4 Å². The third-order valence-electron chi connectivity index (χ3n) is 5.51. The lowest BCUT2D eigenvalue weighted by molar-refractivity contribution is 0.183. The van der Waals surface area contributed by atoms with Gasteiger partial charge in [0.05, 0.1) is 25.1 Å². The molecule has 1 unspecified atom stereocenters. The number of thioether (sulfide) groups is 1. The Labute approximate surface area is 190 Å². The second-order valence-corrected chi connectivity index (χ2v) is 9.87. The summed E-state index contributed by atoms with van der Waals surface area (Å²) in [5.41, 5.74) is 3.25. The van der Waals surface area contributed by atoms with Crippen molar-refractivity contribution in [3.8, 4) is 11.5 Å². The molecule has 0 spiro atoms. The van der Waals surface area contributed by atoms with Gasteiger partial charge in [0.25, 0.3) is 5.56 Å². The number of fused-ring (bicyclic) bond motifs is 2. The second-order valence-electron chi connectivity index (χ2n) is 7.73. The second kappa shape index (κ2) is 9.22. The Balaban J connectivity index is 1.70. The zero-order valence-electron chi connectivity index (χ0n) is 18.6. The van der Waals surface area contributed by atoms with Gasteiger partial charge in [-0.25, -0.2) is 4.98 Å². The molecule has 166 valence electrons. The Morgan fingerprint density at radius 3 is 2.90 bits per heavy atom. The average molecular weight is 461 g/mol. The summed E-state index contributed by atoms with van der Waals surface area (Å²) >= 11 is 3.12. The first-order valence-corrected chi connectivity index (χ1v) is 12.3. The Morgan fingerprint density at radius 2 is 2.16 bits per heavy atom. The van der Waals surface area contributed by atoms with E-state index < -0.39 is 0 Å². The number of rotatable bonds is 8. The normalized spacial score (nSPS) is 15.3. The molecule has 0 saturated heterocycles. The first kappa shape index (κ1) is 22.2. The molecule has 0 N–H and O–H groups in total. The van der Waals surface area contributed by atoms with Crippen LogP contribution < -0.4 is 15.0 Å². The van der Waals surface area contributed by atoms with E-state index in [0.717, 1.165) is 44.1 Å². The average Bonchev–Trinajstić information content (AvgIpc) is 3.23. The highest BCUT2D eigenvalue weighted by Gasteiger charge is 2.23. The molecule has 0 saturated carbocycles. The maximum atomic E-state index is 13.3. The summed E-state index contributed by atoms with van der Waals surface area (Å²) in [5.74, 6) is 2.44. The molecule has 6 nitrogen and oxygen atoms in total. The molecule has 4 rings (SSSR count). The van der Waals surface area contributed by atoms with E-state index in [-0.39, 0.29) is 11.7 Å². The number of ether oxygens (including phenoxy) is 3. The third kappa shape index (κ3) is 4.33. The van der Waals surface area contributed by atoms with Crippen LogP contribution in [-0.4, -0.2) is 36.0 Å². The van der Waals surface area contributed by atoms with Crippen LogP contribution in [0.4, 0.5) is 0 Å². The predicted octanol–water partition coefficient (Wildman–Crippen LogP) is 4.74. The van der Waals surface area contributed by atoms with Crippen molar-refractivity contribution in [3.63, 3.8) is 0 Å². The van der Waals surface area contributed by atoms with Crippen molar-refractivity contribution in [1.82, 2.24) is 9.55 Å². The van der Waals surface area contributed by atoms with E-state index in [4.69, 9.17) is 19.2 Å². The summed E-state index contributed by atoms with van der Waals surface area (Å²) in [6.07, 6.45) is 1.08. The SMILES string of the molecule is CCOc1cc2c(cc1CSc1nc3sc(C)c(C)c3c(=O)n1CCOC)OC(C)C2. The van der Waals surface area contributed by atoms with Gasteiger partial charge in [-0.15, -0.1) is 11.3 Å². The van der Waals surface area contributed by atoms with Crippen LogP contribution in [0.1, 0.15) is 35.4 Å². The van der Waals surface area contributed by atoms with Gasteiger partial charge in [-0.1, -0.05) is 11.8 Å². The molecule has 8 heteroatoms. The van der Waals surface area contributed by atoms with Crippen molar-refractivity contribution < 1.29 is 14.2 Å². The number of methoxy groups -OCH3 is 1. The Kier molecular flexibility index (Phi) is 6.60. The molecular weight excluding hydrogens is 432 g/mol. The quantitative estimate of drug-likeness (QED) is 0.358. The molecule has 3 heterocycles. The molecule has 1 atom stereocenters. The summed E-state index contributed by atoms with van der Waals surface area (Å²) in [6, 6.07) is 4.17. The van der Waals surface area contributed by atoms with Gasteiger partial charge in [0.2, 0.25) is 0 Å². The molecule has 2 aromatic heterocycles. The van der Waals surface area contributed by atoms with E-state index in [1.807, 2.05) is 20.8 Å². The highest BCUT2D eigenvalue weighted by Crippen LogP contribution is 2.38. The van der Waals surface area contributed by atoms with Crippen LogP contribution in [0, 0.1) is 13.8 Å². The lowest BCUT2D eigenvalue weighted by Gasteiger charge is -2.14. The molecule has 1 aromatic carbocycles. The molecule has 0 bridgehead atoms. The third-order valence-corrected chi connectivity index (χ3v) is 7.63. The molecule has 0 fully saturated rings. The number of nitrogens with zero attached hydrogens (tertiary/aromatic N) is 2. The van der Waals surface area contributed by atoms with Crippen LogP contribution in [0.3, 0.4) is 0 Å². The standard InChI is InChI=1S/C23H28N2O4S2/c1-6-28-18-10-16-9-13(2)29-19(16)11-17(18)12-30-23-24-21-20(14(3)15(4)31-21)22(26)25(23)7-8-27-5/h10-11,13H,6-9,12H2,1-5H3. The number of aromatic nitrogens is 2. The Hall–Kier alpha value is -2.03. The topological polar surface area (TPSA) is 62.6 Å². The summed E-state index contributed by atoms with van der Waals surface area (Å²) in [6.45, 7) is 9.62. The van der Waals surface area contributed by atoms with Crippen molar-refractivity contribution in [1.29, 1.82) is 0 Å². The summed E-state index contributed by atoms with van der Waals surface area (Å²) in [4.78, 5) is 20.1. The highest BCUT2D eigenvalue weighted by atomic mass is 32.2. The number of thiophene rings is 1. The van der Waals surface area contributed by atoms with Crippen LogP contribution in [-0.2, 0) is 23.5 Å². The van der Waals surface area contributed by atoms with E-state index in [1.165, 1.54) is 5.56 Å². The van der Waals surface area contributed by atoms with Crippen LogP contribution >= 0.6 is 23.1 Å². The van der Waals surface area contributed by atoms with Gasteiger partial charge in [-0.3, -0.25) is 9.36 Å². The molecule has 3 aromatic rings. The Morgan fingerprint density at radius 1 is 1.35 bits per heavy atom. The van der Waals surface area contributed by atoms with Gasteiger partial charge >= 0.3 is 0 Å². The largest absolute Gasteiger partial charge is 0.494 e. The smallest absolute Gasteiger partial charge is 0.263 e. The van der Waals surface area contributed by atoms with Gasteiger partial charge in [-0.2, -0.15) is 0 Å². The molecule has 0 amide bonds. The van der Waals surface area contributed by atoms with E-state index in [1.54, 1.807) is 34.8 Å². The lowest BCUT2D eigenvalue weighted by Crippen LogP contribution is -2.25. The van der Waals surface area contributed by atoms with Crippen LogP contribution in [0.5, 0.6) is 11.5 Å². The van der Waals surface area contributed by atoms with E-state index >= 15 is 0 Å². The number of benzene rings is 1. The van der Waals surface area contributed by atoms with Crippen LogP contribution in [0.25, 0.3) is 10.2 Å². The first-order valence-electron chi connectivity index (χ1n) is 10.5. The zero-order valence-corrected chi connectivity index (χ0v) is 20.2. The minimum Gasteiger partial charge on any atom is -0.494 e. The van der Waals surface area contributed by atoms with Crippen molar-refractivity contribution in [2.45, 2.75) is 57.7 Å². The van der Waals surface area contributed by atoms with Crippen LogP contribution in [0.15, 0.2) is 22.1 Å². The molecule has 31 heavy (non-hydrogen) atoms. The van der Waals surface area contributed by atoms with Gasteiger partial charge in [0.1, 0.15) is 22.4 Å². The molecular formula is C23H28N2O4S2.